The van der Waals surface area contributed by atoms with Crippen LogP contribution in [-0.4, -0.2) is 38.8 Å². The van der Waals surface area contributed by atoms with Gasteiger partial charge in [-0.05, 0) is 30.3 Å². The summed E-state index contributed by atoms with van der Waals surface area (Å²) in [6, 6.07) is 7.71. The summed E-state index contributed by atoms with van der Waals surface area (Å²) in [5.74, 6) is -1.21. The lowest BCUT2D eigenvalue weighted by molar-refractivity contribution is -0.254. The highest BCUT2D eigenvalue weighted by Crippen LogP contribution is 2.43. The van der Waals surface area contributed by atoms with E-state index in [0.717, 1.165) is 24.3 Å². The van der Waals surface area contributed by atoms with Crippen LogP contribution in [0.3, 0.4) is 0 Å². The first kappa shape index (κ1) is 16.9. The van der Waals surface area contributed by atoms with Gasteiger partial charge in [0.2, 0.25) is 0 Å². The van der Waals surface area contributed by atoms with Gasteiger partial charge in [-0.3, -0.25) is 4.98 Å². The highest BCUT2D eigenvalue weighted by atomic mass is 19.4. The summed E-state index contributed by atoms with van der Waals surface area (Å²) in [5, 5.41) is 23.6. The summed E-state index contributed by atoms with van der Waals surface area (Å²) in [6.07, 6.45) is -2.93. The van der Waals surface area contributed by atoms with Crippen molar-refractivity contribution in [3.05, 3.63) is 59.9 Å². The number of halogens is 3. The van der Waals surface area contributed by atoms with E-state index >= 15 is 0 Å². The molecule has 130 valence electrons. The molecule has 2 heterocycles. The van der Waals surface area contributed by atoms with Crippen LogP contribution in [0.5, 0.6) is 0 Å². The van der Waals surface area contributed by atoms with Gasteiger partial charge in [-0.2, -0.15) is 18.3 Å². The van der Waals surface area contributed by atoms with Gasteiger partial charge in [-0.15, -0.1) is 0 Å². The lowest BCUT2D eigenvalue weighted by Gasteiger charge is -2.34. The molecule has 0 unspecified atom stereocenters. The van der Waals surface area contributed by atoms with Crippen LogP contribution in [0.25, 0.3) is 0 Å². The molecule has 1 aliphatic rings. The molecule has 0 saturated heterocycles. The summed E-state index contributed by atoms with van der Waals surface area (Å²) < 4.78 is 40.5. The fraction of sp³-hybridized carbons (Fsp3) is 0.188. The molecule has 0 amide bonds. The van der Waals surface area contributed by atoms with E-state index in [2.05, 4.69) is 10.1 Å². The number of rotatable bonds is 3. The van der Waals surface area contributed by atoms with Gasteiger partial charge in [0.25, 0.3) is 5.72 Å². The van der Waals surface area contributed by atoms with Crippen molar-refractivity contribution in [1.82, 2.24) is 4.98 Å². The molecule has 2 aromatic rings. The monoisotopic (exact) mass is 351 g/mol. The Hall–Kier alpha value is -2.94. The molecule has 1 aromatic carbocycles. The van der Waals surface area contributed by atoms with Crippen LogP contribution in [0.4, 0.5) is 18.9 Å². The van der Waals surface area contributed by atoms with Crippen molar-refractivity contribution in [2.75, 3.05) is 5.01 Å². The Morgan fingerprint density at radius 3 is 2.40 bits per heavy atom. The highest BCUT2D eigenvalue weighted by molar-refractivity contribution is 6.03. The quantitative estimate of drug-likeness (QED) is 0.888. The molecule has 2 N–H and O–H groups in total. The largest absolute Gasteiger partial charge is 0.478 e. The average molecular weight is 351 g/mol. The Morgan fingerprint density at radius 1 is 1.20 bits per heavy atom. The summed E-state index contributed by atoms with van der Waals surface area (Å²) in [4.78, 5) is 14.7. The SMILES string of the molecule is O=C(O)c1ccc(N2N=C(c3cccnc3)C[C@]2(O)C(F)(F)F)cc1. The minimum atomic E-state index is -4.98. The first-order chi connectivity index (χ1) is 11.7. The molecular weight excluding hydrogens is 339 g/mol. The number of hydrazone groups is 1. The van der Waals surface area contributed by atoms with E-state index < -0.39 is 24.3 Å². The second-order valence-electron chi connectivity index (χ2n) is 5.44. The number of alkyl halides is 3. The number of aromatic carboxylic acids is 1. The lowest BCUT2D eigenvalue weighted by Crippen LogP contribution is -2.55. The molecule has 0 aliphatic carbocycles. The smallest absolute Gasteiger partial charge is 0.438 e. The zero-order valence-electron chi connectivity index (χ0n) is 12.6. The van der Waals surface area contributed by atoms with Crippen LogP contribution in [-0.2, 0) is 0 Å². The number of pyridine rings is 1. The molecular formula is C16H12F3N3O3. The van der Waals surface area contributed by atoms with Gasteiger partial charge in [-0.1, -0.05) is 6.07 Å². The van der Waals surface area contributed by atoms with Gasteiger partial charge >= 0.3 is 12.1 Å². The van der Waals surface area contributed by atoms with Crippen molar-refractivity contribution in [3.63, 3.8) is 0 Å². The normalized spacial score (nSPS) is 20.5. The third-order valence-corrected chi connectivity index (χ3v) is 3.79. The van der Waals surface area contributed by atoms with E-state index in [4.69, 9.17) is 5.11 Å². The number of aromatic nitrogens is 1. The predicted octanol–water partition coefficient (Wildman–Crippen LogP) is 2.65. The zero-order chi connectivity index (χ0) is 18.2. The van der Waals surface area contributed by atoms with Crippen LogP contribution < -0.4 is 5.01 Å². The van der Waals surface area contributed by atoms with Gasteiger partial charge in [0, 0.05) is 18.0 Å². The predicted molar refractivity (Wildman–Crippen MR) is 82.3 cm³/mol. The van der Waals surface area contributed by atoms with Crippen molar-refractivity contribution in [3.8, 4) is 0 Å². The molecule has 1 atom stereocenters. The Kier molecular flexibility index (Phi) is 3.96. The second kappa shape index (κ2) is 5.85. The lowest BCUT2D eigenvalue weighted by atomic mass is 10.0. The summed E-state index contributed by atoms with van der Waals surface area (Å²) in [6.45, 7) is 0. The number of hydrogen-bond acceptors (Lipinski definition) is 5. The van der Waals surface area contributed by atoms with Gasteiger partial charge in [0.05, 0.1) is 23.4 Å². The first-order valence-electron chi connectivity index (χ1n) is 7.13. The van der Waals surface area contributed by atoms with Gasteiger partial charge in [0.15, 0.2) is 0 Å². The maximum absolute atomic E-state index is 13.5. The number of carbonyl (C=O) groups is 1. The Bertz CT molecular complexity index is 822. The number of anilines is 1. The highest BCUT2D eigenvalue weighted by Gasteiger charge is 2.62. The number of benzene rings is 1. The number of aliphatic hydroxyl groups is 1. The van der Waals surface area contributed by atoms with Gasteiger partial charge < -0.3 is 10.2 Å². The molecule has 25 heavy (non-hydrogen) atoms. The summed E-state index contributed by atoms with van der Waals surface area (Å²) in [5.41, 5.74) is -3.02. The van der Waals surface area contributed by atoms with Crippen LogP contribution in [0.1, 0.15) is 22.3 Å². The molecule has 6 nitrogen and oxygen atoms in total. The minimum absolute atomic E-state index is 0.0234. The maximum atomic E-state index is 13.5. The van der Waals surface area contributed by atoms with Gasteiger partial charge in [0.1, 0.15) is 0 Å². The Labute approximate surface area is 139 Å². The van der Waals surface area contributed by atoms with E-state index in [1.54, 1.807) is 12.1 Å². The number of carboxylic acid groups (broad SMARTS) is 1. The number of carboxylic acids is 1. The molecule has 1 aromatic heterocycles. The van der Waals surface area contributed by atoms with Crippen molar-refractivity contribution < 1.29 is 28.2 Å². The standard InChI is InChI=1S/C16H12F3N3O3/c17-16(18,19)15(25)8-13(11-2-1-7-20-9-11)21-22(15)12-5-3-10(4-6-12)14(23)24/h1-7,9,25H,8H2,(H,23,24)/t15-/m0/s1. The molecule has 0 spiro atoms. The number of hydrogen-bond donors (Lipinski definition) is 2. The van der Waals surface area contributed by atoms with E-state index in [9.17, 15) is 23.1 Å². The molecule has 1 aliphatic heterocycles. The van der Waals surface area contributed by atoms with Crippen LogP contribution in [0.15, 0.2) is 53.9 Å². The second-order valence-corrected chi connectivity index (χ2v) is 5.44. The van der Waals surface area contributed by atoms with Crippen LogP contribution >= 0.6 is 0 Å². The summed E-state index contributed by atoms with van der Waals surface area (Å²) in [7, 11) is 0. The van der Waals surface area contributed by atoms with E-state index in [0.29, 0.717) is 10.6 Å². The Balaban J connectivity index is 2.05. The molecule has 9 heteroatoms. The molecule has 0 radical (unpaired) electrons. The van der Waals surface area contributed by atoms with Crippen LogP contribution in [0.2, 0.25) is 0 Å². The van der Waals surface area contributed by atoms with Crippen molar-refractivity contribution in [2.45, 2.75) is 18.3 Å². The summed E-state index contributed by atoms with van der Waals surface area (Å²) >= 11 is 0. The van der Waals surface area contributed by atoms with E-state index in [1.165, 1.54) is 12.4 Å². The third kappa shape index (κ3) is 2.93. The van der Waals surface area contributed by atoms with E-state index in [-0.39, 0.29) is 17.0 Å². The van der Waals surface area contributed by atoms with E-state index in [1.807, 2.05) is 0 Å². The van der Waals surface area contributed by atoms with Crippen molar-refractivity contribution >= 4 is 17.4 Å². The molecule has 0 bridgehead atoms. The molecule has 0 fully saturated rings. The number of nitrogens with zero attached hydrogens (tertiary/aromatic N) is 3. The Morgan fingerprint density at radius 2 is 1.88 bits per heavy atom. The fourth-order valence-electron chi connectivity index (χ4n) is 2.48. The minimum Gasteiger partial charge on any atom is -0.478 e. The topological polar surface area (TPSA) is 86.0 Å². The third-order valence-electron chi connectivity index (χ3n) is 3.79. The fourth-order valence-corrected chi connectivity index (χ4v) is 2.48. The van der Waals surface area contributed by atoms with Gasteiger partial charge in [-0.25, -0.2) is 9.80 Å². The van der Waals surface area contributed by atoms with Crippen molar-refractivity contribution in [1.29, 1.82) is 0 Å². The first-order valence-corrected chi connectivity index (χ1v) is 7.13. The van der Waals surface area contributed by atoms with Crippen molar-refractivity contribution in [2.24, 2.45) is 5.10 Å². The van der Waals surface area contributed by atoms with Crippen LogP contribution in [0, 0.1) is 0 Å². The zero-order valence-corrected chi connectivity index (χ0v) is 12.6. The average Bonchev–Trinajstić information content (AvgIpc) is 2.95. The molecule has 0 saturated carbocycles. The molecule has 3 rings (SSSR count). The maximum Gasteiger partial charge on any atom is 0.438 e.